The molecule has 0 bridgehead atoms. The minimum Gasteiger partial charge on any atom is -0.130 e. The lowest BCUT2D eigenvalue weighted by Crippen LogP contribution is -1.98. The predicted octanol–water partition coefficient (Wildman–Crippen LogP) is 3.61. The number of thioether (sulfide) groups is 1. The van der Waals surface area contributed by atoms with Crippen molar-refractivity contribution in [3.8, 4) is 0 Å². The molecular weight excluding hydrogens is 152 g/mol. The fourth-order valence-corrected chi connectivity index (χ4v) is 2.24. The average molecular weight is 168 g/mol. The van der Waals surface area contributed by atoms with Crippen molar-refractivity contribution in [3.05, 3.63) is 22.6 Å². The Labute approximate surface area is 73.8 Å². The van der Waals surface area contributed by atoms with Crippen molar-refractivity contribution in [2.75, 3.05) is 6.26 Å². The van der Waals surface area contributed by atoms with Crippen molar-refractivity contribution >= 4 is 11.8 Å². The summed E-state index contributed by atoms with van der Waals surface area (Å²) in [6.45, 7) is 4.50. The maximum absolute atomic E-state index is 2.39. The zero-order valence-electron chi connectivity index (χ0n) is 7.55. The zero-order chi connectivity index (χ0) is 8.27. The molecule has 0 amide bonds. The summed E-state index contributed by atoms with van der Waals surface area (Å²) in [7, 11) is 0. The van der Waals surface area contributed by atoms with Crippen LogP contribution in [0.25, 0.3) is 0 Å². The topological polar surface area (TPSA) is 0 Å². The molecule has 62 valence electrons. The molecule has 0 nitrogen and oxygen atoms in total. The Morgan fingerprint density at radius 3 is 2.91 bits per heavy atom. The Morgan fingerprint density at radius 2 is 2.36 bits per heavy atom. The molecule has 1 rings (SSSR count). The molecule has 0 fully saturated rings. The van der Waals surface area contributed by atoms with E-state index in [1.54, 1.807) is 0 Å². The van der Waals surface area contributed by atoms with E-state index in [1.807, 2.05) is 11.8 Å². The summed E-state index contributed by atoms with van der Waals surface area (Å²) in [6.07, 6.45) is 9.35. The van der Waals surface area contributed by atoms with Crippen molar-refractivity contribution in [2.45, 2.75) is 26.7 Å². The van der Waals surface area contributed by atoms with Crippen molar-refractivity contribution in [1.29, 1.82) is 0 Å². The first-order valence-electron chi connectivity index (χ1n) is 4.23. The molecule has 0 aromatic rings. The summed E-state index contributed by atoms with van der Waals surface area (Å²) in [6, 6.07) is 0. The molecule has 1 atom stereocenters. The molecule has 1 aliphatic rings. The molecule has 11 heavy (non-hydrogen) atoms. The van der Waals surface area contributed by atoms with E-state index < -0.39 is 0 Å². The molecule has 0 aromatic heterocycles. The minimum atomic E-state index is 0.743. The van der Waals surface area contributed by atoms with E-state index >= 15 is 0 Å². The first-order valence-corrected chi connectivity index (χ1v) is 5.45. The van der Waals surface area contributed by atoms with Gasteiger partial charge in [-0.2, -0.15) is 0 Å². The highest BCUT2D eigenvalue weighted by Crippen LogP contribution is 2.31. The predicted molar refractivity (Wildman–Crippen MR) is 53.8 cm³/mol. The SMILES string of the molecule is CCC1=CCC(C)C=C1SC. The molecule has 0 aromatic carbocycles. The van der Waals surface area contributed by atoms with E-state index in [9.17, 15) is 0 Å². The van der Waals surface area contributed by atoms with E-state index in [-0.39, 0.29) is 0 Å². The van der Waals surface area contributed by atoms with Gasteiger partial charge in [0, 0.05) is 4.91 Å². The molecule has 1 unspecified atom stereocenters. The molecule has 0 radical (unpaired) electrons. The highest BCUT2D eigenvalue weighted by Gasteiger charge is 2.09. The molecule has 0 aliphatic heterocycles. The number of rotatable bonds is 2. The first-order chi connectivity index (χ1) is 5.27. The number of hydrogen-bond donors (Lipinski definition) is 0. The average Bonchev–Trinajstić information content (AvgIpc) is 2.04. The monoisotopic (exact) mass is 168 g/mol. The molecule has 0 heterocycles. The summed E-state index contributed by atoms with van der Waals surface area (Å²) >= 11 is 1.87. The third kappa shape index (κ3) is 2.13. The Kier molecular flexibility index (Phi) is 3.25. The maximum atomic E-state index is 2.39. The summed E-state index contributed by atoms with van der Waals surface area (Å²) in [5, 5.41) is 0. The van der Waals surface area contributed by atoms with Crippen LogP contribution in [0, 0.1) is 5.92 Å². The van der Waals surface area contributed by atoms with Gasteiger partial charge in [0.2, 0.25) is 0 Å². The van der Waals surface area contributed by atoms with Crippen molar-refractivity contribution < 1.29 is 0 Å². The van der Waals surface area contributed by atoms with E-state index in [2.05, 4.69) is 32.3 Å². The normalized spacial score (nSPS) is 24.5. The second-order valence-corrected chi connectivity index (χ2v) is 3.88. The highest BCUT2D eigenvalue weighted by atomic mass is 32.2. The zero-order valence-corrected chi connectivity index (χ0v) is 8.37. The quantitative estimate of drug-likeness (QED) is 0.607. The van der Waals surface area contributed by atoms with Crippen molar-refractivity contribution in [2.24, 2.45) is 5.92 Å². The lowest BCUT2D eigenvalue weighted by atomic mass is 9.97. The Morgan fingerprint density at radius 1 is 1.64 bits per heavy atom. The molecule has 0 N–H and O–H groups in total. The van der Waals surface area contributed by atoms with Crippen LogP contribution in [0.4, 0.5) is 0 Å². The minimum absolute atomic E-state index is 0.743. The van der Waals surface area contributed by atoms with E-state index in [0.717, 1.165) is 5.92 Å². The van der Waals surface area contributed by atoms with Crippen molar-refractivity contribution in [1.82, 2.24) is 0 Å². The van der Waals surface area contributed by atoms with Crippen LogP contribution in [0.2, 0.25) is 0 Å². The van der Waals surface area contributed by atoms with E-state index in [1.165, 1.54) is 23.3 Å². The standard InChI is InChI=1S/C10H16S/c1-4-9-6-5-8(2)7-10(9)11-3/h6-8H,4-5H2,1-3H3. The highest BCUT2D eigenvalue weighted by molar-refractivity contribution is 8.02. The third-order valence-electron chi connectivity index (χ3n) is 2.09. The van der Waals surface area contributed by atoms with Crippen LogP contribution in [0.1, 0.15) is 26.7 Å². The van der Waals surface area contributed by atoms with Gasteiger partial charge in [-0.15, -0.1) is 11.8 Å². The van der Waals surface area contributed by atoms with E-state index in [4.69, 9.17) is 0 Å². The van der Waals surface area contributed by atoms with Gasteiger partial charge in [0.15, 0.2) is 0 Å². The van der Waals surface area contributed by atoms with Gasteiger partial charge in [0.25, 0.3) is 0 Å². The number of hydrogen-bond acceptors (Lipinski definition) is 1. The van der Waals surface area contributed by atoms with E-state index in [0.29, 0.717) is 0 Å². The van der Waals surface area contributed by atoms with Gasteiger partial charge in [-0.25, -0.2) is 0 Å². The molecule has 1 aliphatic carbocycles. The summed E-state index contributed by atoms with van der Waals surface area (Å²) in [5.74, 6) is 0.743. The van der Waals surface area contributed by atoms with Crippen LogP contribution in [-0.4, -0.2) is 6.26 Å². The van der Waals surface area contributed by atoms with Gasteiger partial charge in [0.05, 0.1) is 0 Å². The lowest BCUT2D eigenvalue weighted by molar-refractivity contribution is 0.724. The van der Waals surface area contributed by atoms with Crippen LogP contribution >= 0.6 is 11.8 Å². The summed E-state index contributed by atoms with van der Waals surface area (Å²) in [5.41, 5.74) is 1.54. The van der Waals surface area contributed by atoms with Gasteiger partial charge in [-0.05, 0) is 30.6 Å². The summed E-state index contributed by atoms with van der Waals surface area (Å²) < 4.78 is 0. The van der Waals surface area contributed by atoms with Gasteiger partial charge in [0.1, 0.15) is 0 Å². The first kappa shape index (κ1) is 8.92. The fraction of sp³-hybridized carbons (Fsp3) is 0.600. The van der Waals surface area contributed by atoms with Crippen LogP contribution in [-0.2, 0) is 0 Å². The van der Waals surface area contributed by atoms with Gasteiger partial charge < -0.3 is 0 Å². The van der Waals surface area contributed by atoms with Crippen LogP contribution in [0.3, 0.4) is 0 Å². The maximum Gasteiger partial charge on any atom is 0.00607 e. The largest absolute Gasteiger partial charge is 0.130 e. The van der Waals surface area contributed by atoms with Crippen molar-refractivity contribution in [3.63, 3.8) is 0 Å². The van der Waals surface area contributed by atoms with Crippen LogP contribution in [0.5, 0.6) is 0 Å². The third-order valence-corrected chi connectivity index (χ3v) is 2.93. The van der Waals surface area contributed by atoms with Crippen LogP contribution < -0.4 is 0 Å². The van der Waals surface area contributed by atoms with Gasteiger partial charge in [-0.1, -0.05) is 26.0 Å². The molecular formula is C10H16S. The lowest BCUT2D eigenvalue weighted by Gasteiger charge is -2.16. The van der Waals surface area contributed by atoms with Gasteiger partial charge in [-0.3, -0.25) is 0 Å². The molecule has 0 saturated heterocycles. The molecule has 0 saturated carbocycles. The Bertz CT molecular complexity index is 189. The Balaban J connectivity index is 2.74. The molecule has 0 spiro atoms. The smallest absolute Gasteiger partial charge is 0.00607 e. The number of allylic oxidation sites excluding steroid dienone is 3. The summed E-state index contributed by atoms with van der Waals surface area (Å²) in [4.78, 5) is 1.49. The second kappa shape index (κ2) is 4.01. The van der Waals surface area contributed by atoms with Gasteiger partial charge >= 0.3 is 0 Å². The second-order valence-electron chi connectivity index (χ2n) is 3.03. The Hall–Kier alpha value is -0.170. The molecule has 1 heteroatoms. The fourth-order valence-electron chi connectivity index (χ4n) is 1.38. The van der Waals surface area contributed by atoms with Crippen LogP contribution in [0.15, 0.2) is 22.6 Å².